The van der Waals surface area contributed by atoms with Gasteiger partial charge in [-0.15, -0.1) is 0 Å². The first-order valence-corrected chi connectivity index (χ1v) is 7.89. The first kappa shape index (κ1) is 14.0. The van der Waals surface area contributed by atoms with Crippen LogP contribution in [0, 0.1) is 11.8 Å². The number of hydrogen-bond acceptors (Lipinski definition) is 2. The molecule has 0 saturated heterocycles. The van der Waals surface area contributed by atoms with Crippen molar-refractivity contribution < 1.29 is 9.53 Å². The third-order valence-corrected chi connectivity index (χ3v) is 4.87. The van der Waals surface area contributed by atoms with Gasteiger partial charge in [-0.05, 0) is 31.6 Å². The number of ether oxygens (including phenoxy) is 1. The molecule has 0 heterocycles. The quantitative estimate of drug-likeness (QED) is 0.703. The predicted octanol–water partition coefficient (Wildman–Crippen LogP) is 4.12. The molecule has 1 unspecified atom stereocenters. The summed E-state index contributed by atoms with van der Waals surface area (Å²) in [5, 5.41) is 0. The van der Waals surface area contributed by atoms with E-state index in [4.69, 9.17) is 4.74 Å². The molecule has 2 heteroatoms. The van der Waals surface area contributed by atoms with Crippen LogP contribution in [0.5, 0.6) is 0 Å². The zero-order valence-electron chi connectivity index (χ0n) is 11.8. The fourth-order valence-electron chi connectivity index (χ4n) is 3.77. The van der Waals surface area contributed by atoms with Gasteiger partial charge in [0.2, 0.25) is 0 Å². The number of hydrogen-bond donors (Lipinski definition) is 0. The van der Waals surface area contributed by atoms with Gasteiger partial charge in [0, 0.05) is 13.0 Å². The second-order valence-electron chi connectivity index (χ2n) is 6.15. The Morgan fingerprint density at radius 3 is 1.94 bits per heavy atom. The Morgan fingerprint density at radius 2 is 1.39 bits per heavy atom. The summed E-state index contributed by atoms with van der Waals surface area (Å²) in [5.74, 6) is 1.21. The lowest BCUT2D eigenvalue weighted by molar-refractivity contribution is -0.137. The van der Waals surface area contributed by atoms with Crippen molar-refractivity contribution in [2.45, 2.75) is 76.7 Å². The van der Waals surface area contributed by atoms with E-state index in [1.807, 2.05) is 0 Å². The van der Waals surface area contributed by atoms with E-state index >= 15 is 0 Å². The number of ketones is 1. The fourth-order valence-corrected chi connectivity index (χ4v) is 3.77. The Balaban J connectivity index is 1.94. The maximum absolute atomic E-state index is 12.7. The molecule has 0 aliphatic heterocycles. The summed E-state index contributed by atoms with van der Waals surface area (Å²) in [5.41, 5.74) is 0. The minimum Gasteiger partial charge on any atom is -0.373 e. The summed E-state index contributed by atoms with van der Waals surface area (Å²) in [6.07, 6.45) is 13.5. The molecule has 0 aromatic carbocycles. The van der Waals surface area contributed by atoms with E-state index in [9.17, 15) is 4.79 Å². The van der Waals surface area contributed by atoms with Gasteiger partial charge in [0.05, 0.1) is 0 Å². The maximum Gasteiger partial charge on any atom is 0.164 e. The molecule has 0 bridgehead atoms. The zero-order chi connectivity index (χ0) is 12.8. The van der Waals surface area contributed by atoms with Crippen LogP contribution in [0.3, 0.4) is 0 Å². The van der Waals surface area contributed by atoms with Crippen molar-refractivity contribution in [3.63, 3.8) is 0 Å². The second kappa shape index (κ2) is 7.28. The molecule has 2 aliphatic rings. The largest absolute Gasteiger partial charge is 0.373 e. The SMILES string of the molecule is COC(C(=O)C1CCCCCC1)C1CCCCC1. The van der Waals surface area contributed by atoms with Gasteiger partial charge >= 0.3 is 0 Å². The highest BCUT2D eigenvalue weighted by atomic mass is 16.5. The van der Waals surface area contributed by atoms with Gasteiger partial charge in [-0.1, -0.05) is 44.9 Å². The summed E-state index contributed by atoms with van der Waals surface area (Å²) < 4.78 is 5.60. The molecule has 0 N–H and O–H groups in total. The molecule has 2 fully saturated rings. The Labute approximate surface area is 111 Å². The summed E-state index contributed by atoms with van der Waals surface area (Å²) in [7, 11) is 1.73. The van der Waals surface area contributed by atoms with E-state index in [0.717, 1.165) is 12.8 Å². The van der Waals surface area contributed by atoms with Crippen LogP contribution in [0.4, 0.5) is 0 Å². The number of Topliss-reactive ketones (excluding diaryl/α,β-unsaturated/α-hetero) is 1. The number of carbonyl (C=O) groups excluding carboxylic acids is 1. The Morgan fingerprint density at radius 1 is 0.889 bits per heavy atom. The number of carbonyl (C=O) groups is 1. The van der Waals surface area contributed by atoms with Crippen molar-refractivity contribution in [2.75, 3.05) is 7.11 Å². The lowest BCUT2D eigenvalue weighted by Crippen LogP contribution is -2.37. The van der Waals surface area contributed by atoms with Crippen LogP contribution >= 0.6 is 0 Å². The summed E-state index contributed by atoms with van der Waals surface area (Å²) >= 11 is 0. The van der Waals surface area contributed by atoms with Crippen LogP contribution in [-0.4, -0.2) is 19.0 Å². The molecule has 0 amide bonds. The van der Waals surface area contributed by atoms with E-state index in [-0.39, 0.29) is 6.10 Å². The van der Waals surface area contributed by atoms with Crippen LogP contribution in [0.2, 0.25) is 0 Å². The Kier molecular flexibility index (Phi) is 5.68. The molecule has 0 spiro atoms. The fraction of sp³-hybridized carbons (Fsp3) is 0.938. The summed E-state index contributed by atoms with van der Waals surface area (Å²) in [6.45, 7) is 0. The van der Waals surface area contributed by atoms with E-state index in [1.165, 1.54) is 57.8 Å². The van der Waals surface area contributed by atoms with Crippen LogP contribution in [0.25, 0.3) is 0 Å². The van der Waals surface area contributed by atoms with E-state index in [1.54, 1.807) is 7.11 Å². The van der Waals surface area contributed by atoms with Crippen LogP contribution in [0.15, 0.2) is 0 Å². The van der Waals surface area contributed by atoms with E-state index in [2.05, 4.69) is 0 Å². The lowest BCUT2D eigenvalue weighted by atomic mass is 9.80. The van der Waals surface area contributed by atoms with Crippen LogP contribution in [0.1, 0.15) is 70.6 Å². The van der Waals surface area contributed by atoms with Gasteiger partial charge in [-0.25, -0.2) is 0 Å². The monoisotopic (exact) mass is 252 g/mol. The molecule has 1 atom stereocenters. The molecule has 0 aromatic rings. The van der Waals surface area contributed by atoms with Gasteiger partial charge in [0.15, 0.2) is 5.78 Å². The average Bonchev–Trinajstić information content (AvgIpc) is 2.69. The van der Waals surface area contributed by atoms with Gasteiger partial charge in [-0.2, -0.15) is 0 Å². The molecule has 2 nitrogen and oxygen atoms in total. The minimum absolute atomic E-state index is 0.103. The van der Waals surface area contributed by atoms with Gasteiger partial charge in [0.1, 0.15) is 6.10 Å². The summed E-state index contributed by atoms with van der Waals surface area (Å²) in [6, 6.07) is 0. The second-order valence-corrected chi connectivity index (χ2v) is 6.15. The van der Waals surface area contributed by atoms with Crippen molar-refractivity contribution in [3.8, 4) is 0 Å². The molecule has 2 aliphatic carbocycles. The number of rotatable bonds is 4. The van der Waals surface area contributed by atoms with Crippen LogP contribution in [-0.2, 0) is 9.53 Å². The molecular weight excluding hydrogens is 224 g/mol. The summed E-state index contributed by atoms with van der Waals surface area (Å²) in [4.78, 5) is 12.7. The van der Waals surface area contributed by atoms with E-state index < -0.39 is 0 Å². The van der Waals surface area contributed by atoms with Crippen molar-refractivity contribution in [3.05, 3.63) is 0 Å². The number of methoxy groups -OCH3 is 1. The Bertz CT molecular complexity index is 248. The highest BCUT2D eigenvalue weighted by molar-refractivity contribution is 5.85. The Hall–Kier alpha value is -0.370. The normalized spacial score (nSPS) is 25.6. The molecule has 104 valence electrons. The van der Waals surface area contributed by atoms with Crippen molar-refractivity contribution in [2.24, 2.45) is 11.8 Å². The third kappa shape index (κ3) is 3.57. The molecule has 18 heavy (non-hydrogen) atoms. The molecule has 2 saturated carbocycles. The smallest absolute Gasteiger partial charge is 0.164 e. The van der Waals surface area contributed by atoms with Gasteiger partial charge in [0.25, 0.3) is 0 Å². The van der Waals surface area contributed by atoms with Crippen LogP contribution < -0.4 is 0 Å². The molecule has 0 aromatic heterocycles. The standard InChI is InChI=1S/C16H28O2/c1-18-16(14-11-7-4-8-12-14)15(17)13-9-5-2-3-6-10-13/h13-14,16H,2-12H2,1H3. The van der Waals surface area contributed by atoms with Gasteiger partial charge in [-0.3, -0.25) is 4.79 Å². The first-order valence-electron chi connectivity index (χ1n) is 7.89. The predicted molar refractivity (Wildman–Crippen MR) is 73.6 cm³/mol. The zero-order valence-corrected chi connectivity index (χ0v) is 11.8. The maximum atomic E-state index is 12.7. The first-order chi connectivity index (χ1) is 8.83. The highest BCUT2D eigenvalue weighted by Crippen LogP contribution is 2.32. The topological polar surface area (TPSA) is 26.3 Å². The van der Waals surface area contributed by atoms with Gasteiger partial charge < -0.3 is 4.74 Å². The molecular formula is C16H28O2. The average molecular weight is 252 g/mol. The van der Waals surface area contributed by atoms with Crippen molar-refractivity contribution in [1.29, 1.82) is 0 Å². The molecule has 2 rings (SSSR count). The highest BCUT2D eigenvalue weighted by Gasteiger charge is 2.33. The minimum atomic E-state index is -0.103. The van der Waals surface area contributed by atoms with E-state index in [0.29, 0.717) is 17.6 Å². The molecule has 0 radical (unpaired) electrons. The van der Waals surface area contributed by atoms with Crippen molar-refractivity contribution in [1.82, 2.24) is 0 Å². The lowest BCUT2D eigenvalue weighted by Gasteiger charge is -2.30. The third-order valence-electron chi connectivity index (χ3n) is 4.87. The van der Waals surface area contributed by atoms with Crippen molar-refractivity contribution >= 4 is 5.78 Å².